The quantitative estimate of drug-likeness (QED) is 0.738. The number of H-pyrrole nitrogens is 1. The third-order valence-corrected chi connectivity index (χ3v) is 4.97. The molecule has 1 aliphatic rings. The second-order valence-corrected chi connectivity index (χ2v) is 6.66. The van der Waals surface area contributed by atoms with Crippen molar-refractivity contribution in [3.05, 3.63) is 47.7 Å². The monoisotopic (exact) mass is 353 g/mol. The van der Waals surface area contributed by atoms with Gasteiger partial charge in [-0.05, 0) is 32.4 Å². The number of benzene rings is 1. The number of para-hydroxylation sites is 1. The minimum Gasteiger partial charge on any atom is -0.370 e. The summed E-state index contributed by atoms with van der Waals surface area (Å²) < 4.78 is 7.84. The van der Waals surface area contributed by atoms with Crippen molar-refractivity contribution in [1.82, 2.24) is 25.1 Å². The lowest BCUT2D eigenvalue weighted by Crippen LogP contribution is -2.32. The molecule has 1 aliphatic heterocycles. The average molecular weight is 353 g/mol. The first-order valence-corrected chi connectivity index (χ1v) is 9.04. The van der Waals surface area contributed by atoms with E-state index in [9.17, 15) is 4.79 Å². The van der Waals surface area contributed by atoms with Crippen molar-refractivity contribution in [1.29, 1.82) is 0 Å². The molecule has 2 atom stereocenters. The second-order valence-electron chi connectivity index (χ2n) is 6.66. The summed E-state index contributed by atoms with van der Waals surface area (Å²) in [6, 6.07) is 10.0. The molecule has 0 saturated carbocycles. The largest absolute Gasteiger partial charge is 0.370 e. The molecular formula is C19H23N5O2. The van der Waals surface area contributed by atoms with Crippen LogP contribution < -0.4 is 5.32 Å². The summed E-state index contributed by atoms with van der Waals surface area (Å²) in [4.78, 5) is 17.2. The van der Waals surface area contributed by atoms with E-state index in [-0.39, 0.29) is 17.9 Å². The lowest BCUT2D eigenvalue weighted by Gasteiger charge is -2.16. The first kappa shape index (κ1) is 16.8. The molecule has 1 saturated heterocycles. The van der Waals surface area contributed by atoms with Crippen LogP contribution in [0.3, 0.4) is 0 Å². The number of nitrogens with one attached hydrogen (secondary N) is 2. The van der Waals surface area contributed by atoms with E-state index in [0.29, 0.717) is 24.7 Å². The van der Waals surface area contributed by atoms with Gasteiger partial charge in [0, 0.05) is 36.5 Å². The molecule has 2 N–H and O–H groups in total. The van der Waals surface area contributed by atoms with Gasteiger partial charge in [-0.15, -0.1) is 0 Å². The van der Waals surface area contributed by atoms with Crippen molar-refractivity contribution >= 4 is 16.8 Å². The van der Waals surface area contributed by atoms with Gasteiger partial charge >= 0.3 is 0 Å². The maximum absolute atomic E-state index is 12.8. The number of amides is 1. The third kappa shape index (κ3) is 2.99. The molecule has 0 radical (unpaired) electrons. The molecule has 0 unspecified atom stereocenters. The number of rotatable bonds is 5. The number of aromatic nitrogens is 4. The number of carbonyl (C=O) groups is 1. The molecular weight excluding hydrogens is 330 g/mol. The maximum atomic E-state index is 12.8. The number of hydrogen-bond acceptors (Lipinski definition) is 4. The van der Waals surface area contributed by atoms with Crippen LogP contribution >= 0.6 is 0 Å². The first-order valence-electron chi connectivity index (χ1n) is 9.04. The van der Waals surface area contributed by atoms with E-state index in [2.05, 4.69) is 27.4 Å². The summed E-state index contributed by atoms with van der Waals surface area (Å²) in [6.07, 6.45) is 0.715. The van der Waals surface area contributed by atoms with Gasteiger partial charge in [-0.1, -0.05) is 18.2 Å². The molecule has 1 aromatic carbocycles. The Balaban J connectivity index is 1.48. The highest BCUT2D eigenvalue weighted by atomic mass is 16.5. The Morgan fingerprint density at radius 2 is 2.27 bits per heavy atom. The fraction of sp³-hybridized carbons (Fsp3) is 0.421. The van der Waals surface area contributed by atoms with E-state index in [1.807, 2.05) is 41.8 Å². The van der Waals surface area contributed by atoms with Gasteiger partial charge in [0.2, 0.25) is 0 Å². The Bertz CT molecular complexity index is 929. The summed E-state index contributed by atoms with van der Waals surface area (Å²) in [5, 5.41) is 11.2. The van der Waals surface area contributed by atoms with Crippen LogP contribution in [0.4, 0.5) is 0 Å². The number of ether oxygens (including phenoxy) is 1. The predicted octanol–water partition coefficient (Wildman–Crippen LogP) is 2.60. The van der Waals surface area contributed by atoms with Crippen LogP contribution in [0.1, 0.15) is 41.6 Å². The van der Waals surface area contributed by atoms with Crippen LogP contribution in [0, 0.1) is 12.8 Å². The summed E-state index contributed by atoms with van der Waals surface area (Å²) in [5.74, 6) is 1.56. The molecule has 2 aromatic heterocycles. The van der Waals surface area contributed by atoms with Crippen LogP contribution in [0.2, 0.25) is 0 Å². The number of aromatic amines is 1. The van der Waals surface area contributed by atoms with Gasteiger partial charge in [-0.25, -0.2) is 4.98 Å². The van der Waals surface area contributed by atoms with Crippen LogP contribution in [0.15, 0.2) is 30.3 Å². The number of fused-ring (bicyclic) bond motifs is 1. The van der Waals surface area contributed by atoms with Crippen molar-refractivity contribution in [3.63, 3.8) is 0 Å². The molecule has 136 valence electrons. The smallest absolute Gasteiger partial charge is 0.267 e. The van der Waals surface area contributed by atoms with Crippen LogP contribution in [0.5, 0.6) is 0 Å². The van der Waals surface area contributed by atoms with Gasteiger partial charge in [0.05, 0.1) is 0 Å². The molecule has 26 heavy (non-hydrogen) atoms. The molecule has 1 fully saturated rings. The van der Waals surface area contributed by atoms with Crippen LogP contribution in [0.25, 0.3) is 10.9 Å². The molecule has 3 aromatic rings. The minimum absolute atomic E-state index is 0.0557. The second kappa shape index (κ2) is 6.92. The molecule has 7 nitrogen and oxygen atoms in total. The Labute approximate surface area is 151 Å². The SMILES string of the molecule is CCn1c(C(=O)NC[C@@H]2CCO[C@@H]2c2n[nH]c(C)n2)cc2ccccc21. The third-order valence-electron chi connectivity index (χ3n) is 4.97. The highest BCUT2D eigenvalue weighted by Gasteiger charge is 2.33. The zero-order valence-corrected chi connectivity index (χ0v) is 15.0. The number of hydrogen-bond donors (Lipinski definition) is 2. The van der Waals surface area contributed by atoms with Gasteiger partial charge in [-0.2, -0.15) is 5.10 Å². The van der Waals surface area contributed by atoms with Crippen molar-refractivity contribution in [3.8, 4) is 0 Å². The molecule has 7 heteroatoms. The summed E-state index contributed by atoms with van der Waals surface area (Å²) in [5.41, 5.74) is 1.77. The molecule has 0 bridgehead atoms. The van der Waals surface area contributed by atoms with E-state index >= 15 is 0 Å². The van der Waals surface area contributed by atoms with Gasteiger partial charge in [-0.3, -0.25) is 9.89 Å². The summed E-state index contributed by atoms with van der Waals surface area (Å²) in [7, 11) is 0. The van der Waals surface area contributed by atoms with E-state index in [1.54, 1.807) is 0 Å². The lowest BCUT2D eigenvalue weighted by atomic mass is 10.0. The molecule has 1 amide bonds. The Morgan fingerprint density at radius 3 is 3.04 bits per heavy atom. The zero-order valence-electron chi connectivity index (χ0n) is 15.0. The lowest BCUT2D eigenvalue weighted by molar-refractivity contribution is 0.0796. The highest BCUT2D eigenvalue weighted by Crippen LogP contribution is 2.32. The number of nitrogens with zero attached hydrogens (tertiary/aromatic N) is 3. The van der Waals surface area contributed by atoms with Crippen molar-refractivity contribution in [2.75, 3.05) is 13.2 Å². The van der Waals surface area contributed by atoms with Gasteiger partial charge < -0.3 is 14.6 Å². The summed E-state index contributed by atoms with van der Waals surface area (Å²) >= 11 is 0. The topological polar surface area (TPSA) is 84.8 Å². The van der Waals surface area contributed by atoms with Crippen LogP contribution in [-0.2, 0) is 11.3 Å². The van der Waals surface area contributed by atoms with Gasteiger partial charge in [0.25, 0.3) is 5.91 Å². The van der Waals surface area contributed by atoms with E-state index in [1.165, 1.54) is 0 Å². The Morgan fingerprint density at radius 1 is 1.42 bits per heavy atom. The fourth-order valence-corrected chi connectivity index (χ4v) is 3.67. The highest BCUT2D eigenvalue weighted by molar-refractivity contribution is 5.98. The van der Waals surface area contributed by atoms with Crippen LogP contribution in [-0.4, -0.2) is 38.8 Å². The van der Waals surface area contributed by atoms with E-state index in [4.69, 9.17) is 4.74 Å². The molecule has 0 spiro atoms. The molecule has 3 heterocycles. The Kier molecular flexibility index (Phi) is 4.46. The standard InChI is InChI=1S/C19H23N5O2/c1-3-24-15-7-5-4-6-13(15)10-16(24)19(25)20-11-14-8-9-26-17(14)18-21-12(2)22-23-18/h4-7,10,14,17H,3,8-9,11H2,1-2H3,(H,20,25)(H,21,22,23)/t14-,17-/m0/s1. The van der Waals surface area contributed by atoms with Crippen molar-refractivity contribution in [2.24, 2.45) is 5.92 Å². The van der Waals surface area contributed by atoms with Crippen molar-refractivity contribution in [2.45, 2.75) is 32.9 Å². The first-order chi connectivity index (χ1) is 12.7. The van der Waals surface area contributed by atoms with E-state index in [0.717, 1.165) is 29.7 Å². The molecule has 4 rings (SSSR count). The Hall–Kier alpha value is -2.67. The van der Waals surface area contributed by atoms with Crippen molar-refractivity contribution < 1.29 is 9.53 Å². The average Bonchev–Trinajstić information content (AvgIpc) is 3.36. The minimum atomic E-state index is -0.169. The zero-order chi connectivity index (χ0) is 18.1. The normalized spacial score (nSPS) is 19.9. The van der Waals surface area contributed by atoms with E-state index < -0.39 is 0 Å². The predicted molar refractivity (Wildman–Crippen MR) is 97.9 cm³/mol. The van der Waals surface area contributed by atoms with Gasteiger partial charge in [0.15, 0.2) is 5.82 Å². The maximum Gasteiger partial charge on any atom is 0.267 e. The van der Waals surface area contributed by atoms with Gasteiger partial charge in [0.1, 0.15) is 17.6 Å². The number of aryl methyl sites for hydroxylation is 2. The summed E-state index contributed by atoms with van der Waals surface area (Å²) in [6.45, 7) is 5.87. The number of carbonyl (C=O) groups excluding carboxylic acids is 1. The molecule has 0 aliphatic carbocycles. The fourth-order valence-electron chi connectivity index (χ4n) is 3.67.